The second-order valence-electron chi connectivity index (χ2n) is 9.76. The SMILES string of the molecule is CCOC(=O)c1cn(CC)c2cc(-c3ccc(C(C)(C)C)c(O[SiH](C)C)c3C)c(F)cc2c1=O. The first-order chi connectivity index (χ1) is 15.9. The van der Waals surface area contributed by atoms with Crippen LogP contribution in [0, 0.1) is 12.7 Å². The van der Waals surface area contributed by atoms with E-state index < -0.39 is 26.3 Å². The predicted molar refractivity (Wildman–Crippen MR) is 138 cm³/mol. The highest BCUT2D eigenvalue weighted by Gasteiger charge is 2.25. The van der Waals surface area contributed by atoms with Crippen molar-refractivity contribution in [2.45, 2.75) is 66.6 Å². The molecule has 0 saturated carbocycles. The molecule has 7 heteroatoms. The average molecular weight is 484 g/mol. The molecular formula is C27H34FNO4Si. The fourth-order valence-electron chi connectivity index (χ4n) is 4.19. The van der Waals surface area contributed by atoms with Crippen LogP contribution in [-0.2, 0) is 16.7 Å². The van der Waals surface area contributed by atoms with Crippen LogP contribution in [-0.4, -0.2) is 26.2 Å². The zero-order valence-electron chi connectivity index (χ0n) is 21.3. The molecule has 0 atom stereocenters. The van der Waals surface area contributed by atoms with Gasteiger partial charge in [0, 0.05) is 23.7 Å². The Morgan fingerprint density at radius 2 is 1.79 bits per heavy atom. The maximum atomic E-state index is 15.5. The molecule has 0 N–H and O–H groups in total. The number of hydrogen-bond acceptors (Lipinski definition) is 4. The summed E-state index contributed by atoms with van der Waals surface area (Å²) in [7, 11) is -1.42. The fourth-order valence-corrected chi connectivity index (χ4v) is 4.97. The summed E-state index contributed by atoms with van der Waals surface area (Å²) in [6.45, 7) is 16.8. The molecule has 0 aliphatic carbocycles. The molecule has 0 saturated heterocycles. The maximum Gasteiger partial charge on any atom is 0.343 e. The van der Waals surface area contributed by atoms with Crippen LogP contribution in [0.15, 0.2) is 35.3 Å². The summed E-state index contributed by atoms with van der Waals surface area (Å²) in [4.78, 5) is 25.3. The number of aryl methyl sites for hydroxylation is 1. The summed E-state index contributed by atoms with van der Waals surface area (Å²) >= 11 is 0. The minimum atomic E-state index is -1.42. The van der Waals surface area contributed by atoms with Gasteiger partial charge in [0.1, 0.15) is 17.1 Å². The second kappa shape index (κ2) is 9.74. The molecule has 3 aromatic rings. The lowest BCUT2D eigenvalue weighted by molar-refractivity contribution is 0.0524. The first-order valence-electron chi connectivity index (χ1n) is 11.8. The molecule has 5 nitrogen and oxygen atoms in total. The number of nitrogens with zero attached hydrogens (tertiary/aromatic N) is 1. The smallest absolute Gasteiger partial charge is 0.343 e. The van der Waals surface area contributed by atoms with E-state index in [4.69, 9.17) is 9.16 Å². The molecule has 0 aliphatic heterocycles. The summed E-state index contributed by atoms with van der Waals surface area (Å²) in [6, 6.07) is 6.86. The maximum absolute atomic E-state index is 15.5. The van der Waals surface area contributed by atoms with E-state index in [0.29, 0.717) is 17.6 Å². The Balaban J connectivity index is 2.31. The number of carbonyl (C=O) groups is 1. The van der Waals surface area contributed by atoms with Crippen molar-refractivity contribution in [3.63, 3.8) is 0 Å². The van der Waals surface area contributed by atoms with Crippen LogP contribution < -0.4 is 9.85 Å². The molecule has 0 fully saturated rings. The topological polar surface area (TPSA) is 57.5 Å². The van der Waals surface area contributed by atoms with Gasteiger partial charge in [-0.25, -0.2) is 9.18 Å². The van der Waals surface area contributed by atoms with Crippen LogP contribution in [0.4, 0.5) is 4.39 Å². The summed E-state index contributed by atoms with van der Waals surface area (Å²) in [5.41, 5.74) is 2.89. The summed E-state index contributed by atoms with van der Waals surface area (Å²) < 4.78 is 28.6. The van der Waals surface area contributed by atoms with Gasteiger partial charge in [-0.15, -0.1) is 0 Å². The summed E-state index contributed by atoms with van der Waals surface area (Å²) in [6.07, 6.45) is 1.50. The lowest BCUT2D eigenvalue weighted by Gasteiger charge is -2.27. The van der Waals surface area contributed by atoms with Crippen molar-refractivity contribution in [1.29, 1.82) is 0 Å². The van der Waals surface area contributed by atoms with Crippen LogP contribution >= 0.6 is 0 Å². The lowest BCUT2D eigenvalue weighted by atomic mass is 9.83. The number of carbonyl (C=O) groups excluding carboxylic acids is 1. The third-order valence-corrected chi connectivity index (χ3v) is 6.57. The molecule has 1 aromatic heterocycles. The number of rotatable bonds is 6. The number of aromatic nitrogens is 1. The second-order valence-corrected chi connectivity index (χ2v) is 12.1. The van der Waals surface area contributed by atoms with Gasteiger partial charge in [0.25, 0.3) is 0 Å². The van der Waals surface area contributed by atoms with Crippen LogP contribution in [0.3, 0.4) is 0 Å². The van der Waals surface area contributed by atoms with Crippen LogP contribution in [0.25, 0.3) is 22.0 Å². The lowest BCUT2D eigenvalue weighted by Crippen LogP contribution is -2.21. The van der Waals surface area contributed by atoms with E-state index in [9.17, 15) is 9.59 Å². The minimum Gasteiger partial charge on any atom is -0.547 e. The first kappa shape index (κ1) is 25.7. The zero-order valence-corrected chi connectivity index (χ0v) is 22.5. The molecule has 0 amide bonds. The third kappa shape index (κ3) is 4.80. The molecule has 3 rings (SSSR count). The van der Waals surface area contributed by atoms with Crippen molar-refractivity contribution >= 4 is 25.9 Å². The van der Waals surface area contributed by atoms with E-state index in [-0.39, 0.29) is 23.0 Å². The Morgan fingerprint density at radius 3 is 2.35 bits per heavy atom. The van der Waals surface area contributed by atoms with Crippen molar-refractivity contribution in [1.82, 2.24) is 4.57 Å². The number of ether oxygens (including phenoxy) is 1. The van der Waals surface area contributed by atoms with Crippen LogP contribution in [0.2, 0.25) is 13.1 Å². The van der Waals surface area contributed by atoms with Gasteiger partial charge in [-0.3, -0.25) is 4.79 Å². The molecule has 0 aliphatic rings. The zero-order chi connectivity index (χ0) is 25.4. The summed E-state index contributed by atoms with van der Waals surface area (Å²) in [5.74, 6) is -0.404. The number of fused-ring (bicyclic) bond motifs is 1. The first-order valence-corrected chi connectivity index (χ1v) is 14.5. The van der Waals surface area contributed by atoms with Gasteiger partial charge >= 0.3 is 5.97 Å². The van der Waals surface area contributed by atoms with Gasteiger partial charge in [-0.2, -0.15) is 0 Å². The van der Waals surface area contributed by atoms with Gasteiger partial charge in [-0.1, -0.05) is 32.9 Å². The average Bonchev–Trinajstić information content (AvgIpc) is 2.74. The van der Waals surface area contributed by atoms with Crippen molar-refractivity contribution in [2.24, 2.45) is 0 Å². The van der Waals surface area contributed by atoms with E-state index in [1.165, 1.54) is 12.3 Å². The van der Waals surface area contributed by atoms with Gasteiger partial charge in [-0.05, 0) is 68.1 Å². The van der Waals surface area contributed by atoms with Gasteiger partial charge in [0.05, 0.1) is 12.1 Å². The van der Waals surface area contributed by atoms with E-state index in [1.807, 2.05) is 26.0 Å². The quantitative estimate of drug-likeness (QED) is 0.320. The highest BCUT2D eigenvalue weighted by Crippen LogP contribution is 2.40. The molecule has 2 aromatic carbocycles. The molecule has 0 bridgehead atoms. The Hall–Kier alpha value is -2.93. The third-order valence-electron chi connectivity index (χ3n) is 5.86. The molecule has 0 spiro atoms. The standard InChI is InChI=1S/C27H34FNO4Si/c1-9-29-15-20(26(31)32-10-2)24(30)19-13-22(28)18(14-23(19)29)17-11-12-21(27(4,5)6)25(16(17)3)33-34(7)8/h11-15,34H,9-10H2,1-8H3. The number of esters is 1. The number of hydrogen-bond donors (Lipinski definition) is 0. The van der Waals surface area contributed by atoms with E-state index in [2.05, 4.69) is 33.9 Å². The number of pyridine rings is 1. The Kier molecular flexibility index (Phi) is 7.36. The van der Waals surface area contributed by atoms with Crippen LogP contribution in [0.5, 0.6) is 5.75 Å². The van der Waals surface area contributed by atoms with Gasteiger partial charge < -0.3 is 13.7 Å². The van der Waals surface area contributed by atoms with Crippen molar-refractivity contribution < 1.29 is 18.3 Å². The van der Waals surface area contributed by atoms with E-state index >= 15 is 4.39 Å². The normalized spacial score (nSPS) is 11.8. The molecule has 34 heavy (non-hydrogen) atoms. The molecule has 1 heterocycles. The monoisotopic (exact) mass is 483 g/mol. The predicted octanol–water partition coefficient (Wildman–Crippen LogP) is 5.97. The number of benzene rings is 2. The molecular weight excluding hydrogens is 449 g/mol. The largest absolute Gasteiger partial charge is 0.547 e. The molecule has 0 unspecified atom stereocenters. The van der Waals surface area contributed by atoms with Crippen molar-refractivity contribution in [3.05, 3.63) is 63.2 Å². The minimum absolute atomic E-state index is 0.0911. The Bertz CT molecular complexity index is 1300. The Labute approximate surface area is 202 Å². The van der Waals surface area contributed by atoms with Crippen molar-refractivity contribution in [3.8, 4) is 16.9 Å². The highest BCUT2D eigenvalue weighted by molar-refractivity contribution is 6.49. The fraction of sp³-hybridized carbons (Fsp3) is 0.407. The molecule has 182 valence electrons. The van der Waals surface area contributed by atoms with E-state index in [0.717, 1.165) is 22.4 Å². The van der Waals surface area contributed by atoms with E-state index in [1.54, 1.807) is 17.6 Å². The molecule has 0 radical (unpaired) electrons. The van der Waals surface area contributed by atoms with Crippen LogP contribution in [0.1, 0.15) is 56.1 Å². The van der Waals surface area contributed by atoms with Gasteiger partial charge in [0.15, 0.2) is 0 Å². The summed E-state index contributed by atoms with van der Waals surface area (Å²) in [5, 5.41) is 0.156. The van der Waals surface area contributed by atoms with Gasteiger partial charge in [0.2, 0.25) is 14.5 Å². The van der Waals surface area contributed by atoms with Crippen molar-refractivity contribution in [2.75, 3.05) is 6.61 Å². The number of halogens is 1. The highest BCUT2D eigenvalue weighted by atomic mass is 28.3. The Morgan fingerprint density at radius 1 is 1.12 bits per heavy atom.